The summed E-state index contributed by atoms with van der Waals surface area (Å²) in [5.74, 6) is 0. The van der Waals surface area contributed by atoms with Crippen molar-refractivity contribution in [2.75, 3.05) is 5.32 Å². The molecule has 1 N–H and O–H groups in total. The Labute approximate surface area is 77.3 Å². The van der Waals surface area contributed by atoms with E-state index >= 15 is 0 Å². The van der Waals surface area contributed by atoms with E-state index in [9.17, 15) is 4.79 Å². The van der Waals surface area contributed by atoms with Crippen LogP contribution in [0.4, 0.5) is 9.93 Å². The smallest absolute Gasteiger partial charge is 0.281 e. The maximum Gasteiger partial charge on any atom is 0.333 e. The van der Waals surface area contributed by atoms with E-state index in [0.29, 0.717) is 5.13 Å². The molecule has 2 aromatic heterocycles. The van der Waals surface area contributed by atoms with Gasteiger partial charge in [0.1, 0.15) is 11.8 Å². The molecule has 0 saturated heterocycles. The molecule has 0 bridgehead atoms. The summed E-state index contributed by atoms with van der Waals surface area (Å²) in [7, 11) is 0. The number of rotatable bonds is 1. The van der Waals surface area contributed by atoms with E-state index in [1.165, 1.54) is 28.4 Å². The highest BCUT2D eigenvalue weighted by Crippen LogP contribution is 2.07. The summed E-state index contributed by atoms with van der Waals surface area (Å²) < 4.78 is 1.32. The van der Waals surface area contributed by atoms with Gasteiger partial charge in [-0.1, -0.05) is 11.3 Å². The number of carbonyl (C=O) groups excluding carboxylic acids is 1. The molecule has 66 valence electrons. The third kappa shape index (κ3) is 1.70. The molecule has 0 aromatic carbocycles. The Morgan fingerprint density at radius 1 is 1.62 bits per heavy atom. The van der Waals surface area contributed by atoms with Gasteiger partial charge in [0.25, 0.3) is 0 Å². The normalized spacial score (nSPS) is 9.85. The fourth-order valence-corrected chi connectivity index (χ4v) is 1.20. The van der Waals surface area contributed by atoms with Gasteiger partial charge < -0.3 is 0 Å². The average molecular weight is 195 g/mol. The first kappa shape index (κ1) is 7.87. The number of nitrogens with one attached hydrogen (secondary N) is 1. The zero-order chi connectivity index (χ0) is 9.10. The molecule has 2 rings (SSSR count). The first-order valence-corrected chi connectivity index (χ1v) is 4.30. The highest BCUT2D eigenvalue weighted by Gasteiger charge is 2.04. The minimum atomic E-state index is -0.297. The molecule has 0 fully saturated rings. The second-order valence-corrected chi connectivity index (χ2v) is 2.98. The molecule has 0 atom stereocenters. The summed E-state index contributed by atoms with van der Waals surface area (Å²) >= 11 is 1.26. The van der Waals surface area contributed by atoms with Gasteiger partial charge in [-0.15, -0.1) is 10.2 Å². The van der Waals surface area contributed by atoms with Crippen LogP contribution in [-0.4, -0.2) is 25.8 Å². The quantitative estimate of drug-likeness (QED) is 0.731. The Morgan fingerprint density at radius 2 is 2.54 bits per heavy atom. The largest absolute Gasteiger partial charge is 0.333 e. The van der Waals surface area contributed by atoms with Gasteiger partial charge in [0.05, 0.1) is 0 Å². The molecular formula is C6H5N5OS. The lowest BCUT2D eigenvalue weighted by molar-refractivity contribution is 0.253. The van der Waals surface area contributed by atoms with Crippen molar-refractivity contribution in [3.63, 3.8) is 0 Å². The minimum Gasteiger partial charge on any atom is -0.281 e. The number of hydrogen-bond donors (Lipinski definition) is 1. The summed E-state index contributed by atoms with van der Waals surface area (Å²) in [6, 6.07) is -0.297. The first-order chi connectivity index (χ1) is 6.36. The van der Waals surface area contributed by atoms with Crippen LogP contribution in [0.15, 0.2) is 24.2 Å². The molecule has 0 aliphatic rings. The standard InChI is InChI=1S/C6H5N5OS/c12-6(11-2-1-7-3-11)9-5-10-8-4-13-5/h1-4H,(H,9,10,12). The van der Waals surface area contributed by atoms with Crippen LogP contribution >= 0.6 is 11.3 Å². The van der Waals surface area contributed by atoms with Gasteiger partial charge in [-0.05, 0) is 0 Å². The van der Waals surface area contributed by atoms with E-state index < -0.39 is 0 Å². The maximum absolute atomic E-state index is 11.3. The topological polar surface area (TPSA) is 72.7 Å². The molecule has 7 heteroatoms. The first-order valence-electron chi connectivity index (χ1n) is 3.42. The van der Waals surface area contributed by atoms with Crippen molar-refractivity contribution in [1.82, 2.24) is 19.7 Å². The van der Waals surface area contributed by atoms with Crippen LogP contribution in [0.2, 0.25) is 0 Å². The molecule has 6 nitrogen and oxygen atoms in total. The summed E-state index contributed by atoms with van der Waals surface area (Å²) in [5.41, 5.74) is 1.55. The van der Waals surface area contributed by atoms with Crippen LogP contribution in [0.1, 0.15) is 0 Å². The Morgan fingerprint density at radius 3 is 3.15 bits per heavy atom. The highest BCUT2D eigenvalue weighted by atomic mass is 32.1. The van der Waals surface area contributed by atoms with Gasteiger partial charge in [0, 0.05) is 12.4 Å². The van der Waals surface area contributed by atoms with Crippen molar-refractivity contribution in [2.45, 2.75) is 0 Å². The molecule has 13 heavy (non-hydrogen) atoms. The van der Waals surface area contributed by atoms with Gasteiger partial charge >= 0.3 is 6.03 Å². The van der Waals surface area contributed by atoms with Crippen LogP contribution in [0.3, 0.4) is 0 Å². The lowest BCUT2D eigenvalue weighted by Crippen LogP contribution is -2.17. The Balaban J connectivity index is 2.08. The summed E-state index contributed by atoms with van der Waals surface area (Å²) in [6.45, 7) is 0. The monoisotopic (exact) mass is 195 g/mol. The van der Waals surface area contributed by atoms with Crippen LogP contribution < -0.4 is 5.32 Å². The van der Waals surface area contributed by atoms with Crippen molar-refractivity contribution >= 4 is 22.5 Å². The zero-order valence-corrected chi connectivity index (χ0v) is 7.23. The van der Waals surface area contributed by atoms with Crippen molar-refractivity contribution in [2.24, 2.45) is 0 Å². The lowest BCUT2D eigenvalue weighted by atomic mass is 10.8. The Hall–Kier alpha value is -1.76. The molecular weight excluding hydrogens is 190 g/mol. The third-order valence-electron chi connectivity index (χ3n) is 1.31. The number of carbonyl (C=O) groups is 1. The fraction of sp³-hybridized carbons (Fsp3) is 0. The number of amides is 1. The van der Waals surface area contributed by atoms with Gasteiger partial charge in [0.2, 0.25) is 5.13 Å². The average Bonchev–Trinajstić information content (AvgIpc) is 2.74. The summed E-state index contributed by atoms with van der Waals surface area (Å²) in [6.07, 6.45) is 4.49. The van der Waals surface area contributed by atoms with E-state index in [-0.39, 0.29) is 6.03 Å². The van der Waals surface area contributed by atoms with Crippen molar-refractivity contribution < 1.29 is 4.79 Å². The van der Waals surface area contributed by atoms with Gasteiger partial charge in [-0.2, -0.15) is 0 Å². The number of anilines is 1. The van der Waals surface area contributed by atoms with Gasteiger partial charge in [-0.3, -0.25) is 9.88 Å². The second-order valence-electron chi connectivity index (χ2n) is 2.14. The predicted molar refractivity (Wildman–Crippen MR) is 46.6 cm³/mol. The molecule has 1 amide bonds. The van der Waals surface area contributed by atoms with E-state index in [4.69, 9.17) is 0 Å². The van der Waals surface area contributed by atoms with Gasteiger partial charge in [0.15, 0.2) is 0 Å². The van der Waals surface area contributed by atoms with Crippen LogP contribution in [0.5, 0.6) is 0 Å². The number of aromatic nitrogens is 4. The van der Waals surface area contributed by atoms with Crippen molar-refractivity contribution in [3.8, 4) is 0 Å². The van der Waals surface area contributed by atoms with Crippen molar-refractivity contribution in [3.05, 3.63) is 24.2 Å². The van der Waals surface area contributed by atoms with E-state index in [2.05, 4.69) is 20.5 Å². The van der Waals surface area contributed by atoms with Crippen LogP contribution in [-0.2, 0) is 0 Å². The number of nitrogens with zero attached hydrogens (tertiary/aromatic N) is 4. The zero-order valence-electron chi connectivity index (χ0n) is 6.41. The molecule has 2 heterocycles. The Bertz CT molecular complexity index is 381. The third-order valence-corrected chi connectivity index (χ3v) is 1.92. The lowest BCUT2D eigenvalue weighted by Gasteiger charge is -1.98. The fourth-order valence-electron chi connectivity index (χ4n) is 0.763. The van der Waals surface area contributed by atoms with E-state index in [0.717, 1.165) is 0 Å². The summed E-state index contributed by atoms with van der Waals surface area (Å²) in [4.78, 5) is 15.1. The second kappa shape index (κ2) is 3.31. The SMILES string of the molecule is O=C(Nc1nncs1)n1ccnc1. The molecule has 0 unspecified atom stereocenters. The molecule has 0 saturated carbocycles. The molecule has 2 aromatic rings. The van der Waals surface area contributed by atoms with E-state index in [1.807, 2.05) is 0 Å². The van der Waals surface area contributed by atoms with Crippen LogP contribution in [0, 0.1) is 0 Å². The number of hydrogen-bond acceptors (Lipinski definition) is 5. The predicted octanol–water partition coefficient (Wildman–Crippen LogP) is 0.815. The summed E-state index contributed by atoms with van der Waals surface area (Å²) in [5, 5.41) is 10.3. The highest BCUT2D eigenvalue weighted by molar-refractivity contribution is 7.13. The van der Waals surface area contributed by atoms with Gasteiger partial charge in [-0.25, -0.2) is 9.78 Å². The molecule has 0 aliphatic carbocycles. The molecule has 0 radical (unpaired) electrons. The van der Waals surface area contributed by atoms with Crippen LogP contribution in [0.25, 0.3) is 0 Å². The maximum atomic E-state index is 11.3. The van der Waals surface area contributed by atoms with Crippen molar-refractivity contribution in [1.29, 1.82) is 0 Å². The number of imidazole rings is 1. The molecule has 0 aliphatic heterocycles. The van der Waals surface area contributed by atoms with E-state index in [1.54, 1.807) is 11.7 Å². The molecule has 0 spiro atoms. The Kier molecular flexibility index (Phi) is 2.01. The minimum absolute atomic E-state index is 0.297.